The number of nitrogens with one attached hydrogen (secondary N) is 1. The zero-order chi connectivity index (χ0) is 28.1. The fraction of sp³-hybridized carbons (Fsp3) is 0.750. The van der Waals surface area contributed by atoms with Gasteiger partial charge in [0, 0.05) is 39.8 Å². The molecular weight excluding hydrogens is 480 g/mol. The molecule has 37 heavy (non-hydrogen) atoms. The maximum Gasteiger partial charge on any atom is 0.407 e. The van der Waals surface area contributed by atoms with E-state index in [0.717, 1.165) is 44.5 Å². The van der Waals surface area contributed by atoms with Crippen LogP contribution in [0.3, 0.4) is 0 Å². The topological polar surface area (TPSA) is 187 Å². The molecule has 0 saturated heterocycles. The number of aryl methyl sites for hydroxylation is 1. The summed E-state index contributed by atoms with van der Waals surface area (Å²) in [7, 11) is 1.72. The fourth-order valence-electron chi connectivity index (χ4n) is 3.36. The summed E-state index contributed by atoms with van der Waals surface area (Å²) in [6.45, 7) is 12.5. The highest BCUT2D eigenvalue weighted by Gasteiger charge is 2.17. The molecule has 7 N–H and O–H groups in total. The monoisotopic (exact) mass is 526 g/mol. The van der Waals surface area contributed by atoms with Crippen molar-refractivity contribution >= 4 is 23.1 Å². The zero-order valence-corrected chi connectivity index (χ0v) is 23.1. The van der Waals surface area contributed by atoms with Gasteiger partial charge < -0.3 is 41.0 Å². The lowest BCUT2D eigenvalue weighted by Gasteiger charge is -2.26. The number of nitrogen functional groups attached to an aromatic ring is 1. The molecule has 13 nitrogen and oxygen atoms in total. The molecule has 0 bridgehead atoms. The van der Waals surface area contributed by atoms with Gasteiger partial charge in [-0.15, -0.1) is 0 Å². The van der Waals surface area contributed by atoms with Crippen LogP contribution < -0.4 is 16.8 Å². The normalized spacial score (nSPS) is 12.8. The molecule has 0 aliphatic carbocycles. The van der Waals surface area contributed by atoms with E-state index in [1.54, 1.807) is 13.4 Å². The van der Waals surface area contributed by atoms with Crippen LogP contribution in [0.5, 0.6) is 0 Å². The van der Waals surface area contributed by atoms with Gasteiger partial charge in [-0.2, -0.15) is 0 Å². The smallest absolute Gasteiger partial charge is 0.407 e. The first-order valence-electron chi connectivity index (χ1n) is 12.5. The molecule has 1 unspecified atom stereocenters. The van der Waals surface area contributed by atoms with E-state index in [1.165, 1.54) is 20.2 Å². The van der Waals surface area contributed by atoms with Crippen molar-refractivity contribution in [2.24, 2.45) is 5.73 Å². The second-order valence-electron chi connectivity index (χ2n) is 10.2. The molecule has 1 amide bonds. The predicted octanol–water partition coefficient (Wildman–Crippen LogP) is 1.09. The maximum absolute atomic E-state index is 11.7. The van der Waals surface area contributed by atoms with Gasteiger partial charge in [0.15, 0.2) is 17.3 Å². The number of aromatic nitrogens is 4. The first-order valence-corrected chi connectivity index (χ1v) is 12.5. The van der Waals surface area contributed by atoms with Crippen LogP contribution in [0.1, 0.15) is 53.9 Å². The van der Waals surface area contributed by atoms with Gasteiger partial charge in [-0.3, -0.25) is 4.90 Å². The summed E-state index contributed by atoms with van der Waals surface area (Å²) in [5.74, 6) is -1.12. The number of fused-ring (bicyclic) bond motifs is 1. The number of hydrogen-bond acceptors (Lipinski definition) is 11. The van der Waals surface area contributed by atoms with Crippen molar-refractivity contribution in [3.63, 3.8) is 0 Å². The van der Waals surface area contributed by atoms with Crippen molar-refractivity contribution in [3.05, 3.63) is 12.7 Å². The Morgan fingerprint density at radius 1 is 1.16 bits per heavy atom. The van der Waals surface area contributed by atoms with Gasteiger partial charge in [-0.25, -0.2) is 19.7 Å². The standard InChI is InChI=1S/C21H38N8O3.C3H8O2/c1-21(2,3)32-20(30)24-9-5-6-10-28(12-8-22)13-16(31-4)7-11-29-15-27-17-18(23)25-14-26-19(17)29;1-3(2,4)5/h14-16H,5-13,22H2,1-4H3,(H,24,30)(H2,23,25,26);4-5H,1-2H3. The number of imidazole rings is 1. The summed E-state index contributed by atoms with van der Waals surface area (Å²) in [5.41, 5.74) is 12.5. The van der Waals surface area contributed by atoms with E-state index in [9.17, 15) is 4.79 Å². The van der Waals surface area contributed by atoms with Crippen LogP contribution in [-0.4, -0.2) is 98.1 Å². The summed E-state index contributed by atoms with van der Waals surface area (Å²) in [5, 5.41) is 18.9. The lowest BCUT2D eigenvalue weighted by Crippen LogP contribution is -2.38. The van der Waals surface area contributed by atoms with E-state index in [0.29, 0.717) is 31.0 Å². The number of nitrogens with two attached hydrogens (primary N) is 2. The molecule has 0 aliphatic rings. The summed E-state index contributed by atoms with van der Waals surface area (Å²) in [6.07, 6.45) is 5.44. The number of amides is 1. The SMILES string of the molecule is CC(C)(O)O.COC(CCn1cnc2c(N)ncnc21)CN(CCN)CCCCNC(=O)OC(C)(C)C. The van der Waals surface area contributed by atoms with Crippen molar-refractivity contribution in [1.82, 2.24) is 29.7 Å². The number of hydrogen-bond donors (Lipinski definition) is 5. The van der Waals surface area contributed by atoms with Gasteiger partial charge in [0.1, 0.15) is 17.4 Å². The number of methoxy groups -OCH3 is 1. The zero-order valence-electron chi connectivity index (χ0n) is 23.1. The predicted molar refractivity (Wildman–Crippen MR) is 143 cm³/mol. The Hall–Kier alpha value is -2.58. The molecule has 1 atom stereocenters. The molecule has 212 valence electrons. The number of anilines is 1. The van der Waals surface area contributed by atoms with Crippen LogP contribution in [0, 0.1) is 0 Å². The second-order valence-corrected chi connectivity index (χ2v) is 10.2. The Morgan fingerprint density at radius 3 is 2.43 bits per heavy atom. The number of nitrogens with zero attached hydrogens (tertiary/aromatic N) is 5. The molecule has 0 fully saturated rings. The molecular formula is C24H46N8O5. The number of carbonyl (C=O) groups excluding carboxylic acids is 1. The fourth-order valence-corrected chi connectivity index (χ4v) is 3.36. The number of aliphatic hydroxyl groups is 2. The van der Waals surface area contributed by atoms with Gasteiger partial charge in [-0.05, 0) is 60.4 Å². The van der Waals surface area contributed by atoms with Crippen LogP contribution in [0.2, 0.25) is 0 Å². The number of carbonyl (C=O) groups is 1. The summed E-state index contributed by atoms with van der Waals surface area (Å²) < 4.78 is 12.9. The first kappa shape index (κ1) is 32.4. The lowest BCUT2D eigenvalue weighted by atomic mass is 10.2. The third-order valence-electron chi connectivity index (χ3n) is 4.93. The lowest BCUT2D eigenvalue weighted by molar-refractivity contribution is -0.127. The molecule has 13 heteroatoms. The summed E-state index contributed by atoms with van der Waals surface area (Å²) >= 11 is 0. The van der Waals surface area contributed by atoms with E-state index in [1.807, 2.05) is 25.3 Å². The maximum atomic E-state index is 11.7. The van der Waals surface area contributed by atoms with Crippen LogP contribution >= 0.6 is 0 Å². The van der Waals surface area contributed by atoms with Crippen molar-refractivity contribution in [3.8, 4) is 0 Å². The van der Waals surface area contributed by atoms with E-state index in [2.05, 4.69) is 25.2 Å². The minimum atomic E-state index is -1.50. The molecule has 0 aliphatic heterocycles. The van der Waals surface area contributed by atoms with E-state index in [4.69, 9.17) is 31.2 Å². The average Bonchev–Trinajstić information content (AvgIpc) is 3.18. The average molecular weight is 527 g/mol. The van der Waals surface area contributed by atoms with Crippen molar-refractivity contribution in [2.45, 2.75) is 77.9 Å². The number of unbranched alkanes of at least 4 members (excludes halogenated alkanes) is 1. The third kappa shape index (κ3) is 14.7. The third-order valence-corrected chi connectivity index (χ3v) is 4.93. The Kier molecular flexibility index (Phi) is 13.7. The molecule has 0 aromatic carbocycles. The first-order chi connectivity index (χ1) is 17.2. The molecule has 2 aromatic rings. The van der Waals surface area contributed by atoms with Crippen LogP contribution in [-0.2, 0) is 16.0 Å². The van der Waals surface area contributed by atoms with E-state index in [-0.39, 0.29) is 12.2 Å². The van der Waals surface area contributed by atoms with Gasteiger partial charge in [0.05, 0.1) is 12.4 Å². The highest BCUT2D eigenvalue weighted by Crippen LogP contribution is 2.15. The minimum Gasteiger partial charge on any atom is -0.444 e. The molecule has 0 saturated carbocycles. The van der Waals surface area contributed by atoms with Gasteiger partial charge in [-0.1, -0.05) is 0 Å². The van der Waals surface area contributed by atoms with Crippen molar-refractivity contribution < 1.29 is 24.5 Å². The summed E-state index contributed by atoms with van der Waals surface area (Å²) in [6, 6.07) is 0. The van der Waals surface area contributed by atoms with Gasteiger partial charge >= 0.3 is 6.09 Å². The molecule has 0 spiro atoms. The Morgan fingerprint density at radius 2 is 1.84 bits per heavy atom. The van der Waals surface area contributed by atoms with E-state index >= 15 is 0 Å². The Bertz CT molecular complexity index is 920. The molecule has 2 heterocycles. The van der Waals surface area contributed by atoms with Crippen LogP contribution in [0.4, 0.5) is 10.6 Å². The highest BCUT2D eigenvalue weighted by molar-refractivity contribution is 5.81. The molecule has 2 rings (SSSR count). The van der Waals surface area contributed by atoms with Crippen molar-refractivity contribution in [2.75, 3.05) is 45.6 Å². The van der Waals surface area contributed by atoms with Gasteiger partial charge in [0.25, 0.3) is 0 Å². The molecule has 0 radical (unpaired) electrons. The Balaban J connectivity index is 0.00000124. The van der Waals surface area contributed by atoms with E-state index < -0.39 is 11.4 Å². The number of rotatable bonds is 13. The van der Waals surface area contributed by atoms with Crippen molar-refractivity contribution in [1.29, 1.82) is 0 Å². The van der Waals surface area contributed by atoms with Gasteiger partial charge in [0.2, 0.25) is 0 Å². The highest BCUT2D eigenvalue weighted by atomic mass is 16.6. The summed E-state index contributed by atoms with van der Waals surface area (Å²) in [4.78, 5) is 26.6. The van der Waals surface area contributed by atoms with Crippen LogP contribution in [0.25, 0.3) is 11.2 Å². The number of ether oxygens (including phenoxy) is 2. The number of alkyl carbamates (subject to hydrolysis) is 1. The largest absolute Gasteiger partial charge is 0.444 e. The second kappa shape index (κ2) is 15.6. The van der Waals surface area contributed by atoms with Crippen LogP contribution in [0.15, 0.2) is 12.7 Å². The quantitative estimate of drug-likeness (QED) is 0.186. The molecule has 2 aromatic heterocycles. The minimum absolute atomic E-state index is 0.0399. The Labute approximate surface area is 219 Å².